The van der Waals surface area contributed by atoms with Crippen LogP contribution in [0.15, 0.2) is 33.5 Å². The molecule has 1 aliphatic rings. The van der Waals surface area contributed by atoms with E-state index in [1.54, 1.807) is 0 Å². The summed E-state index contributed by atoms with van der Waals surface area (Å²) in [5, 5.41) is 11.6. The molecule has 3 N–H and O–H groups in total. The number of H-pyrrole nitrogens is 1. The lowest BCUT2D eigenvalue weighted by Crippen LogP contribution is -2.34. The molecule has 1 aromatic carbocycles. The highest BCUT2D eigenvalue weighted by Gasteiger charge is 2.33. The Balaban J connectivity index is 1.78. The van der Waals surface area contributed by atoms with Crippen LogP contribution in [0, 0.1) is 5.92 Å². The summed E-state index contributed by atoms with van der Waals surface area (Å²) in [6.45, 7) is 2.05. The van der Waals surface area contributed by atoms with Crippen molar-refractivity contribution in [2.75, 3.05) is 5.32 Å². The highest BCUT2D eigenvalue weighted by Crippen LogP contribution is 2.36. The van der Waals surface area contributed by atoms with Crippen LogP contribution in [-0.4, -0.2) is 16.2 Å². The van der Waals surface area contributed by atoms with E-state index < -0.39 is 23.8 Å². The van der Waals surface area contributed by atoms with Gasteiger partial charge >= 0.3 is 12.2 Å². The van der Waals surface area contributed by atoms with Crippen molar-refractivity contribution >= 4 is 27.6 Å². The van der Waals surface area contributed by atoms with Gasteiger partial charge in [0.15, 0.2) is 0 Å². The van der Waals surface area contributed by atoms with Gasteiger partial charge in [-0.25, -0.2) is 9.89 Å². The van der Waals surface area contributed by atoms with Crippen molar-refractivity contribution in [3.63, 3.8) is 0 Å². The number of nitrogens with one attached hydrogen (secondary N) is 3. The van der Waals surface area contributed by atoms with Crippen molar-refractivity contribution in [3.8, 4) is 0 Å². The molecule has 2 aromatic rings. The first-order valence-corrected chi connectivity index (χ1v) is 9.45. The normalized spacial score (nSPS) is 19.5. The SMILES string of the molecule is C[C@H]1CC[C@@H](NC(=O)Nc2ccc(Br)c(C(F)(F)F)c2)c2n[nH]c(=O)cc2C1. The maximum absolute atomic E-state index is 13.0. The van der Waals surface area contributed by atoms with Crippen LogP contribution in [0.3, 0.4) is 0 Å². The molecule has 150 valence electrons. The van der Waals surface area contributed by atoms with Crippen molar-refractivity contribution in [1.29, 1.82) is 0 Å². The molecule has 0 radical (unpaired) electrons. The molecule has 0 aliphatic heterocycles. The number of amides is 2. The molecule has 10 heteroatoms. The summed E-state index contributed by atoms with van der Waals surface area (Å²) in [5.74, 6) is 0.318. The van der Waals surface area contributed by atoms with Gasteiger partial charge < -0.3 is 10.6 Å². The third-order valence-corrected chi connectivity index (χ3v) is 5.29. The number of urea groups is 1. The second-order valence-electron chi connectivity index (χ2n) is 6.87. The van der Waals surface area contributed by atoms with Crippen molar-refractivity contribution < 1.29 is 18.0 Å². The molecule has 2 atom stereocenters. The first kappa shape index (κ1) is 20.4. The quantitative estimate of drug-likeness (QED) is 0.583. The summed E-state index contributed by atoms with van der Waals surface area (Å²) in [6.07, 6.45) is -2.45. The van der Waals surface area contributed by atoms with Gasteiger partial charge in [0.2, 0.25) is 0 Å². The molecular formula is C18H18BrF3N4O2. The average molecular weight is 459 g/mol. The van der Waals surface area contributed by atoms with Crippen LogP contribution in [0.4, 0.5) is 23.7 Å². The summed E-state index contributed by atoms with van der Waals surface area (Å²) >= 11 is 2.86. The lowest BCUT2D eigenvalue weighted by atomic mass is 10.0. The number of carbonyl (C=O) groups excluding carboxylic acids is 1. The molecule has 1 aliphatic carbocycles. The summed E-state index contributed by atoms with van der Waals surface area (Å²) in [4.78, 5) is 23.9. The number of alkyl halides is 3. The molecule has 3 rings (SSSR count). The number of halogens is 4. The van der Waals surface area contributed by atoms with Crippen molar-refractivity contribution in [1.82, 2.24) is 15.5 Å². The van der Waals surface area contributed by atoms with E-state index >= 15 is 0 Å². The molecule has 6 nitrogen and oxygen atoms in total. The number of hydrogen-bond donors (Lipinski definition) is 3. The van der Waals surface area contributed by atoms with Crippen LogP contribution >= 0.6 is 15.9 Å². The van der Waals surface area contributed by atoms with Crippen molar-refractivity contribution in [2.45, 2.75) is 38.4 Å². The van der Waals surface area contributed by atoms with Crippen LogP contribution in [-0.2, 0) is 12.6 Å². The lowest BCUT2D eigenvalue weighted by Gasteiger charge is -2.19. The van der Waals surface area contributed by atoms with E-state index in [1.807, 2.05) is 6.92 Å². The topological polar surface area (TPSA) is 86.9 Å². The van der Waals surface area contributed by atoms with E-state index in [2.05, 4.69) is 36.8 Å². The standard InChI is InChI=1S/C18H18BrF3N4O2/c1-9-2-5-14(16-10(6-9)7-15(27)25-26-16)24-17(28)23-11-3-4-13(19)12(8-11)18(20,21)22/h3-4,7-9,14H,2,5-6H2,1H3,(H,25,27)(H2,23,24,28)/t9-,14+/m0/s1. The molecule has 1 aromatic heterocycles. The van der Waals surface area contributed by atoms with E-state index in [-0.39, 0.29) is 15.7 Å². The Morgan fingerprint density at radius 1 is 1.29 bits per heavy atom. The first-order valence-electron chi connectivity index (χ1n) is 8.66. The van der Waals surface area contributed by atoms with Crippen LogP contribution in [0.1, 0.15) is 42.6 Å². The second kappa shape index (κ2) is 7.94. The minimum Gasteiger partial charge on any atom is -0.329 e. The fraction of sp³-hybridized carbons (Fsp3) is 0.389. The van der Waals surface area contributed by atoms with Crippen LogP contribution in [0.5, 0.6) is 0 Å². The summed E-state index contributed by atoms with van der Waals surface area (Å²) in [5.41, 5.74) is 0.168. The third kappa shape index (κ3) is 4.73. The minimum atomic E-state index is -4.54. The van der Waals surface area contributed by atoms with Gasteiger partial charge in [-0.1, -0.05) is 22.9 Å². The fourth-order valence-corrected chi connectivity index (χ4v) is 3.74. The second-order valence-corrected chi connectivity index (χ2v) is 7.73. The summed E-state index contributed by atoms with van der Waals surface area (Å²) in [6, 6.07) is 3.84. The molecule has 0 saturated carbocycles. The van der Waals surface area contributed by atoms with E-state index in [0.717, 1.165) is 18.1 Å². The van der Waals surface area contributed by atoms with Crippen LogP contribution in [0.2, 0.25) is 0 Å². The summed E-state index contributed by atoms with van der Waals surface area (Å²) in [7, 11) is 0. The first-order chi connectivity index (χ1) is 13.1. The molecule has 28 heavy (non-hydrogen) atoms. The number of fused-ring (bicyclic) bond motifs is 1. The summed E-state index contributed by atoms with van der Waals surface area (Å²) < 4.78 is 39.0. The molecule has 0 fully saturated rings. The number of anilines is 1. The van der Waals surface area contributed by atoms with E-state index in [9.17, 15) is 22.8 Å². The maximum Gasteiger partial charge on any atom is 0.417 e. The Kier molecular flexibility index (Phi) is 5.78. The Morgan fingerprint density at radius 3 is 2.75 bits per heavy atom. The monoisotopic (exact) mass is 458 g/mol. The van der Waals surface area contributed by atoms with Crippen molar-refractivity contribution in [3.05, 3.63) is 55.9 Å². The predicted molar refractivity (Wildman–Crippen MR) is 101 cm³/mol. The Labute approximate surface area is 167 Å². The van der Waals surface area contributed by atoms with Gasteiger partial charge in [0, 0.05) is 16.2 Å². The number of aromatic nitrogens is 2. The largest absolute Gasteiger partial charge is 0.417 e. The number of rotatable bonds is 2. The zero-order valence-electron chi connectivity index (χ0n) is 14.9. The van der Waals surface area contributed by atoms with Gasteiger partial charge in [-0.05, 0) is 48.9 Å². The fourth-order valence-electron chi connectivity index (χ4n) is 3.27. The van der Waals surface area contributed by atoms with Crippen LogP contribution in [0.25, 0.3) is 0 Å². The van der Waals surface area contributed by atoms with E-state index in [0.29, 0.717) is 24.5 Å². The van der Waals surface area contributed by atoms with Gasteiger partial charge in [-0.3, -0.25) is 4.79 Å². The van der Waals surface area contributed by atoms with Gasteiger partial charge in [-0.2, -0.15) is 18.3 Å². The highest BCUT2D eigenvalue weighted by molar-refractivity contribution is 9.10. The van der Waals surface area contributed by atoms with Crippen LogP contribution < -0.4 is 16.2 Å². The van der Waals surface area contributed by atoms with E-state index in [1.165, 1.54) is 18.2 Å². The molecule has 0 unspecified atom stereocenters. The molecule has 0 saturated heterocycles. The zero-order valence-corrected chi connectivity index (χ0v) is 16.4. The predicted octanol–water partition coefficient (Wildman–Crippen LogP) is 4.39. The minimum absolute atomic E-state index is 0.0182. The number of benzene rings is 1. The number of aromatic amines is 1. The van der Waals surface area contributed by atoms with Gasteiger partial charge in [0.25, 0.3) is 5.56 Å². The molecule has 1 heterocycles. The number of hydrogen-bond acceptors (Lipinski definition) is 3. The van der Waals surface area contributed by atoms with Gasteiger partial charge in [0.05, 0.1) is 17.3 Å². The van der Waals surface area contributed by atoms with Crippen molar-refractivity contribution in [2.24, 2.45) is 5.92 Å². The Hall–Kier alpha value is -2.36. The molecule has 2 amide bonds. The molecular weight excluding hydrogens is 441 g/mol. The van der Waals surface area contributed by atoms with Gasteiger partial charge in [-0.15, -0.1) is 0 Å². The maximum atomic E-state index is 13.0. The Bertz CT molecular complexity index is 945. The highest BCUT2D eigenvalue weighted by atomic mass is 79.9. The third-order valence-electron chi connectivity index (χ3n) is 4.60. The lowest BCUT2D eigenvalue weighted by molar-refractivity contribution is -0.138. The molecule has 0 spiro atoms. The Morgan fingerprint density at radius 2 is 2.04 bits per heavy atom. The number of carbonyl (C=O) groups is 1. The molecule has 0 bridgehead atoms. The van der Waals surface area contributed by atoms with Gasteiger partial charge in [0.1, 0.15) is 0 Å². The zero-order chi connectivity index (χ0) is 20.5. The average Bonchev–Trinajstić information content (AvgIpc) is 2.74. The van der Waals surface area contributed by atoms with E-state index in [4.69, 9.17) is 0 Å². The smallest absolute Gasteiger partial charge is 0.329 e. The number of nitrogens with zero attached hydrogens (tertiary/aromatic N) is 1.